The highest BCUT2D eigenvalue weighted by Crippen LogP contribution is 2.63. The van der Waals surface area contributed by atoms with Crippen molar-refractivity contribution in [2.75, 3.05) is 0 Å². The molecule has 1 fully saturated rings. The SMILES string of the molecule is CC1(N)c2ccccc2CC12CC2.Cl. The van der Waals surface area contributed by atoms with Crippen LogP contribution in [0.3, 0.4) is 0 Å². The van der Waals surface area contributed by atoms with Gasteiger partial charge in [0.1, 0.15) is 0 Å². The molecule has 14 heavy (non-hydrogen) atoms. The summed E-state index contributed by atoms with van der Waals surface area (Å²) in [7, 11) is 0. The van der Waals surface area contributed by atoms with E-state index in [9.17, 15) is 0 Å². The number of fused-ring (bicyclic) bond motifs is 1. The van der Waals surface area contributed by atoms with Crippen LogP contribution in [0.2, 0.25) is 0 Å². The van der Waals surface area contributed by atoms with Crippen LogP contribution >= 0.6 is 12.4 Å². The first kappa shape index (κ1) is 10.0. The molecule has 2 heteroatoms. The summed E-state index contributed by atoms with van der Waals surface area (Å²) in [5.41, 5.74) is 9.65. The lowest BCUT2D eigenvalue weighted by molar-refractivity contribution is 0.306. The van der Waals surface area contributed by atoms with E-state index in [0.29, 0.717) is 5.41 Å². The summed E-state index contributed by atoms with van der Waals surface area (Å²) >= 11 is 0. The summed E-state index contributed by atoms with van der Waals surface area (Å²) < 4.78 is 0. The highest BCUT2D eigenvalue weighted by Gasteiger charge is 2.59. The molecule has 0 aromatic heterocycles. The fourth-order valence-electron chi connectivity index (χ4n) is 2.86. The fourth-order valence-corrected chi connectivity index (χ4v) is 2.86. The molecular formula is C12H16ClN. The van der Waals surface area contributed by atoms with Crippen LogP contribution in [0.4, 0.5) is 0 Å². The van der Waals surface area contributed by atoms with E-state index < -0.39 is 0 Å². The van der Waals surface area contributed by atoms with E-state index in [1.807, 2.05) is 0 Å². The zero-order valence-electron chi connectivity index (χ0n) is 8.42. The van der Waals surface area contributed by atoms with Gasteiger partial charge in [-0.1, -0.05) is 24.3 Å². The van der Waals surface area contributed by atoms with Gasteiger partial charge < -0.3 is 5.73 Å². The van der Waals surface area contributed by atoms with Crippen molar-refractivity contribution in [1.82, 2.24) is 0 Å². The maximum atomic E-state index is 6.43. The fraction of sp³-hybridized carbons (Fsp3) is 0.500. The van der Waals surface area contributed by atoms with Crippen LogP contribution in [-0.4, -0.2) is 0 Å². The van der Waals surface area contributed by atoms with Crippen LogP contribution in [0.5, 0.6) is 0 Å². The zero-order chi connectivity index (χ0) is 9.10. The van der Waals surface area contributed by atoms with Gasteiger partial charge in [-0.2, -0.15) is 0 Å². The number of hydrogen-bond donors (Lipinski definition) is 1. The minimum atomic E-state index is -0.0659. The van der Waals surface area contributed by atoms with Crippen molar-refractivity contribution in [3.63, 3.8) is 0 Å². The molecular weight excluding hydrogens is 194 g/mol. The lowest BCUT2D eigenvalue weighted by Crippen LogP contribution is -2.39. The zero-order valence-corrected chi connectivity index (χ0v) is 9.23. The Hall–Kier alpha value is -0.530. The van der Waals surface area contributed by atoms with Crippen molar-refractivity contribution >= 4 is 12.4 Å². The van der Waals surface area contributed by atoms with Crippen molar-refractivity contribution in [3.8, 4) is 0 Å². The average molecular weight is 210 g/mol. The predicted molar refractivity (Wildman–Crippen MR) is 60.6 cm³/mol. The third-order valence-corrected chi connectivity index (χ3v) is 4.06. The van der Waals surface area contributed by atoms with Crippen LogP contribution in [0.25, 0.3) is 0 Å². The summed E-state index contributed by atoms with van der Waals surface area (Å²) in [5, 5.41) is 0. The topological polar surface area (TPSA) is 26.0 Å². The molecule has 3 rings (SSSR count). The normalized spacial score (nSPS) is 31.0. The first-order chi connectivity index (χ1) is 6.16. The van der Waals surface area contributed by atoms with Gasteiger partial charge in [-0.25, -0.2) is 0 Å². The van der Waals surface area contributed by atoms with Gasteiger partial charge in [-0.3, -0.25) is 0 Å². The van der Waals surface area contributed by atoms with Gasteiger partial charge >= 0.3 is 0 Å². The standard InChI is InChI=1S/C12H15N.ClH/c1-11(13)10-5-3-2-4-9(10)8-12(11)6-7-12;/h2-5H,6-8,13H2,1H3;1H. The van der Waals surface area contributed by atoms with Crippen molar-refractivity contribution in [2.24, 2.45) is 11.1 Å². The van der Waals surface area contributed by atoms with Crippen molar-refractivity contribution < 1.29 is 0 Å². The van der Waals surface area contributed by atoms with E-state index >= 15 is 0 Å². The minimum Gasteiger partial charge on any atom is -0.321 e. The Morgan fingerprint density at radius 1 is 1.21 bits per heavy atom. The largest absolute Gasteiger partial charge is 0.321 e. The van der Waals surface area contributed by atoms with Crippen molar-refractivity contribution in [2.45, 2.75) is 31.7 Å². The number of hydrogen-bond acceptors (Lipinski definition) is 1. The molecule has 0 heterocycles. The first-order valence-electron chi connectivity index (χ1n) is 5.03. The Morgan fingerprint density at radius 2 is 1.86 bits per heavy atom. The van der Waals surface area contributed by atoms with Gasteiger partial charge in [0.15, 0.2) is 0 Å². The van der Waals surface area contributed by atoms with E-state index in [0.717, 1.165) is 0 Å². The number of rotatable bonds is 0. The molecule has 0 saturated heterocycles. The number of nitrogens with two attached hydrogens (primary N) is 1. The molecule has 1 saturated carbocycles. The van der Waals surface area contributed by atoms with E-state index in [2.05, 4.69) is 31.2 Å². The Bertz CT molecular complexity index is 366. The summed E-state index contributed by atoms with van der Waals surface area (Å²) in [4.78, 5) is 0. The highest BCUT2D eigenvalue weighted by atomic mass is 35.5. The van der Waals surface area contributed by atoms with Gasteiger partial charge in [0.2, 0.25) is 0 Å². The summed E-state index contributed by atoms with van der Waals surface area (Å²) in [5.74, 6) is 0. The molecule has 76 valence electrons. The third kappa shape index (κ3) is 0.999. The van der Waals surface area contributed by atoms with Crippen LogP contribution in [0.15, 0.2) is 24.3 Å². The first-order valence-corrected chi connectivity index (χ1v) is 5.03. The van der Waals surface area contributed by atoms with Gasteiger partial charge in [0, 0.05) is 5.54 Å². The molecule has 1 aromatic carbocycles. The second kappa shape index (κ2) is 2.74. The molecule has 1 atom stereocenters. The Balaban J connectivity index is 0.000000750. The summed E-state index contributed by atoms with van der Waals surface area (Å²) in [6.45, 7) is 2.20. The average Bonchev–Trinajstić information content (AvgIpc) is 2.82. The molecule has 0 bridgehead atoms. The van der Waals surface area contributed by atoms with Gasteiger partial charge in [-0.15, -0.1) is 12.4 Å². The Labute approximate surface area is 91.1 Å². The van der Waals surface area contributed by atoms with E-state index in [1.54, 1.807) is 0 Å². The Morgan fingerprint density at radius 3 is 2.43 bits per heavy atom. The van der Waals surface area contributed by atoms with Crippen LogP contribution < -0.4 is 5.73 Å². The number of benzene rings is 1. The van der Waals surface area contributed by atoms with Crippen molar-refractivity contribution in [1.29, 1.82) is 0 Å². The van der Waals surface area contributed by atoms with E-state index in [-0.39, 0.29) is 17.9 Å². The van der Waals surface area contributed by atoms with E-state index in [4.69, 9.17) is 5.73 Å². The maximum absolute atomic E-state index is 6.43. The van der Waals surface area contributed by atoms with Crippen LogP contribution in [0.1, 0.15) is 30.9 Å². The molecule has 1 unspecified atom stereocenters. The van der Waals surface area contributed by atoms with E-state index in [1.165, 1.54) is 30.4 Å². The van der Waals surface area contributed by atoms with Gasteiger partial charge in [0.25, 0.3) is 0 Å². The third-order valence-electron chi connectivity index (χ3n) is 4.06. The molecule has 2 aliphatic rings. The van der Waals surface area contributed by atoms with Gasteiger partial charge in [-0.05, 0) is 42.7 Å². The lowest BCUT2D eigenvalue weighted by atomic mass is 9.84. The van der Waals surface area contributed by atoms with Crippen LogP contribution in [0, 0.1) is 5.41 Å². The monoisotopic (exact) mass is 209 g/mol. The smallest absolute Gasteiger partial charge is 0.0444 e. The van der Waals surface area contributed by atoms with Crippen LogP contribution in [-0.2, 0) is 12.0 Å². The molecule has 2 aliphatic carbocycles. The second-order valence-corrected chi connectivity index (χ2v) is 4.82. The molecule has 0 aliphatic heterocycles. The van der Waals surface area contributed by atoms with Gasteiger partial charge in [0.05, 0.1) is 0 Å². The predicted octanol–water partition coefficient (Wildman–Crippen LogP) is 2.62. The molecule has 1 aromatic rings. The summed E-state index contributed by atoms with van der Waals surface area (Å²) in [6, 6.07) is 8.65. The Kier molecular flexibility index (Phi) is 1.96. The van der Waals surface area contributed by atoms with Crippen molar-refractivity contribution in [3.05, 3.63) is 35.4 Å². The quantitative estimate of drug-likeness (QED) is 0.699. The highest BCUT2D eigenvalue weighted by molar-refractivity contribution is 5.85. The minimum absolute atomic E-state index is 0. The second-order valence-electron chi connectivity index (χ2n) is 4.82. The molecule has 0 amide bonds. The maximum Gasteiger partial charge on any atom is 0.0444 e. The summed E-state index contributed by atoms with van der Waals surface area (Å²) in [6.07, 6.45) is 3.83. The molecule has 2 N–H and O–H groups in total. The molecule has 1 nitrogen and oxygen atoms in total. The molecule has 1 spiro atoms. The lowest BCUT2D eigenvalue weighted by Gasteiger charge is -2.27. The molecule has 0 radical (unpaired) electrons. The number of halogens is 1.